The van der Waals surface area contributed by atoms with Crippen molar-refractivity contribution in [2.45, 2.75) is 64.7 Å². The van der Waals surface area contributed by atoms with E-state index in [0.29, 0.717) is 0 Å². The molecule has 0 heterocycles. The zero-order valence-corrected chi connectivity index (χ0v) is 12.5. The number of hydrogen-bond acceptors (Lipinski definition) is 1. The first kappa shape index (κ1) is 16.1. The number of hydrogen-bond donors (Lipinski definition) is 0. The Kier molecular flexibility index (Phi) is 9.22. The maximum Gasteiger partial charge on any atom is 0.119 e. The van der Waals surface area contributed by atoms with E-state index in [1.54, 1.807) is 0 Å². The average molecular weight is 261 g/mol. The molecule has 107 valence electrons. The first-order valence-electron chi connectivity index (χ1n) is 7.87. The van der Waals surface area contributed by atoms with Gasteiger partial charge in [-0.1, -0.05) is 64.5 Å². The van der Waals surface area contributed by atoms with Crippen molar-refractivity contribution in [3.05, 3.63) is 36.8 Å². The van der Waals surface area contributed by atoms with Crippen molar-refractivity contribution >= 4 is 0 Å². The predicted molar refractivity (Wildman–Crippen MR) is 83.6 cm³/mol. The van der Waals surface area contributed by atoms with E-state index < -0.39 is 0 Å². The van der Waals surface area contributed by atoms with Crippen molar-refractivity contribution in [1.82, 2.24) is 0 Å². The molecule has 0 aliphatic carbocycles. The number of aryl methyl sites for hydroxylation is 1. The van der Waals surface area contributed by atoms with E-state index in [9.17, 15) is 0 Å². The highest BCUT2D eigenvalue weighted by Crippen LogP contribution is 2.15. The lowest BCUT2D eigenvalue weighted by molar-refractivity contribution is 0.305. The predicted octanol–water partition coefficient (Wildman–Crippen LogP) is 5.58. The van der Waals surface area contributed by atoms with Crippen molar-refractivity contribution in [3.63, 3.8) is 0 Å². The van der Waals surface area contributed by atoms with Crippen LogP contribution in [0.2, 0.25) is 0 Å². The SMILES string of the molecule is [CH2]CCCCCc1ccc(OCCCCCC)cc1. The van der Waals surface area contributed by atoms with Gasteiger partial charge in [0.2, 0.25) is 0 Å². The quantitative estimate of drug-likeness (QED) is 0.472. The topological polar surface area (TPSA) is 9.23 Å². The summed E-state index contributed by atoms with van der Waals surface area (Å²) in [5, 5.41) is 0. The average Bonchev–Trinajstić information content (AvgIpc) is 2.45. The van der Waals surface area contributed by atoms with E-state index in [1.165, 1.54) is 56.9 Å². The second-order valence-corrected chi connectivity index (χ2v) is 5.22. The molecule has 0 aromatic heterocycles. The van der Waals surface area contributed by atoms with E-state index in [2.05, 4.69) is 38.1 Å². The van der Waals surface area contributed by atoms with Gasteiger partial charge in [0.15, 0.2) is 0 Å². The zero-order chi connectivity index (χ0) is 13.8. The molecule has 0 atom stereocenters. The summed E-state index contributed by atoms with van der Waals surface area (Å²) >= 11 is 0. The Labute approximate surface area is 119 Å². The van der Waals surface area contributed by atoms with Crippen LogP contribution >= 0.6 is 0 Å². The molecule has 0 amide bonds. The van der Waals surface area contributed by atoms with Gasteiger partial charge < -0.3 is 4.74 Å². The molecular formula is C18H29O. The van der Waals surface area contributed by atoms with Gasteiger partial charge in [0.1, 0.15) is 5.75 Å². The molecule has 0 saturated heterocycles. The standard InChI is InChI=1S/C18H29O/c1-3-5-7-9-11-17-12-14-18(15-13-17)19-16-10-8-6-4-2/h12-15H,1,3-11,16H2,2H3. The highest BCUT2D eigenvalue weighted by molar-refractivity contribution is 5.27. The number of benzene rings is 1. The Morgan fingerprint density at radius 2 is 1.63 bits per heavy atom. The third kappa shape index (κ3) is 7.92. The summed E-state index contributed by atoms with van der Waals surface area (Å²) in [5.41, 5.74) is 1.42. The second kappa shape index (κ2) is 10.9. The molecule has 1 radical (unpaired) electrons. The first-order valence-corrected chi connectivity index (χ1v) is 7.87. The molecule has 0 unspecified atom stereocenters. The number of rotatable bonds is 11. The van der Waals surface area contributed by atoms with Crippen LogP contribution in [0.3, 0.4) is 0 Å². The normalized spacial score (nSPS) is 10.6. The lowest BCUT2D eigenvalue weighted by Gasteiger charge is -2.07. The summed E-state index contributed by atoms with van der Waals surface area (Å²) < 4.78 is 5.74. The monoisotopic (exact) mass is 261 g/mol. The lowest BCUT2D eigenvalue weighted by Crippen LogP contribution is -1.97. The molecule has 1 rings (SSSR count). The van der Waals surface area contributed by atoms with Crippen LogP contribution in [0.5, 0.6) is 5.75 Å². The van der Waals surface area contributed by atoms with Crippen molar-refractivity contribution in [3.8, 4) is 5.75 Å². The molecule has 1 aromatic rings. The van der Waals surface area contributed by atoms with Gasteiger partial charge in [-0.05, 0) is 37.0 Å². The molecule has 0 spiro atoms. The molecule has 1 aromatic carbocycles. The first-order chi connectivity index (χ1) is 9.36. The number of unbranched alkanes of at least 4 members (excludes halogenated alkanes) is 6. The van der Waals surface area contributed by atoms with Gasteiger partial charge in [0.05, 0.1) is 6.61 Å². The van der Waals surface area contributed by atoms with Crippen LogP contribution in [-0.4, -0.2) is 6.61 Å². The fraction of sp³-hybridized carbons (Fsp3) is 0.611. The van der Waals surface area contributed by atoms with E-state index in [-0.39, 0.29) is 0 Å². The molecule has 0 aliphatic heterocycles. The fourth-order valence-corrected chi connectivity index (χ4v) is 2.15. The molecule has 0 aliphatic rings. The zero-order valence-electron chi connectivity index (χ0n) is 12.5. The summed E-state index contributed by atoms with van der Waals surface area (Å²) in [6.07, 6.45) is 11.1. The maximum atomic E-state index is 5.74. The van der Waals surface area contributed by atoms with Crippen LogP contribution in [-0.2, 0) is 6.42 Å². The number of ether oxygens (including phenoxy) is 1. The third-order valence-corrected chi connectivity index (χ3v) is 3.41. The molecule has 0 saturated carbocycles. The third-order valence-electron chi connectivity index (χ3n) is 3.41. The fourth-order valence-electron chi connectivity index (χ4n) is 2.15. The van der Waals surface area contributed by atoms with Crippen molar-refractivity contribution in [1.29, 1.82) is 0 Å². The van der Waals surface area contributed by atoms with Crippen LogP contribution in [0.15, 0.2) is 24.3 Å². The summed E-state index contributed by atoms with van der Waals surface area (Å²) in [5.74, 6) is 1.01. The van der Waals surface area contributed by atoms with Gasteiger partial charge in [-0.25, -0.2) is 0 Å². The van der Waals surface area contributed by atoms with E-state index in [4.69, 9.17) is 4.74 Å². The van der Waals surface area contributed by atoms with Gasteiger partial charge in [-0.2, -0.15) is 0 Å². The minimum Gasteiger partial charge on any atom is -0.494 e. The van der Waals surface area contributed by atoms with Crippen LogP contribution < -0.4 is 4.74 Å². The molecule has 0 N–H and O–H groups in total. The lowest BCUT2D eigenvalue weighted by atomic mass is 10.1. The van der Waals surface area contributed by atoms with Gasteiger partial charge >= 0.3 is 0 Å². The van der Waals surface area contributed by atoms with Gasteiger partial charge in [-0.15, -0.1) is 0 Å². The Balaban J connectivity index is 2.16. The maximum absolute atomic E-state index is 5.74. The van der Waals surface area contributed by atoms with Crippen LogP contribution in [0.25, 0.3) is 0 Å². The summed E-state index contributed by atoms with van der Waals surface area (Å²) in [6.45, 7) is 6.96. The molecule has 1 heteroatoms. The van der Waals surface area contributed by atoms with Crippen molar-refractivity contribution in [2.24, 2.45) is 0 Å². The van der Waals surface area contributed by atoms with Gasteiger partial charge in [0.25, 0.3) is 0 Å². The minimum absolute atomic E-state index is 0.850. The molecular weight excluding hydrogens is 232 g/mol. The van der Waals surface area contributed by atoms with Crippen molar-refractivity contribution < 1.29 is 4.74 Å². The van der Waals surface area contributed by atoms with E-state index in [1.807, 2.05) is 0 Å². The molecule has 0 bridgehead atoms. The van der Waals surface area contributed by atoms with E-state index >= 15 is 0 Å². The smallest absolute Gasteiger partial charge is 0.119 e. The second-order valence-electron chi connectivity index (χ2n) is 5.22. The molecule has 0 fully saturated rings. The van der Waals surface area contributed by atoms with Gasteiger partial charge in [-0.3, -0.25) is 0 Å². The summed E-state index contributed by atoms with van der Waals surface area (Å²) in [4.78, 5) is 0. The van der Waals surface area contributed by atoms with E-state index in [0.717, 1.165) is 18.8 Å². The van der Waals surface area contributed by atoms with Crippen LogP contribution in [0, 0.1) is 6.92 Å². The highest BCUT2D eigenvalue weighted by Gasteiger charge is 1.96. The van der Waals surface area contributed by atoms with Crippen LogP contribution in [0.1, 0.15) is 63.9 Å². The Morgan fingerprint density at radius 3 is 2.32 bits per heavy atom. The molecule has 19 heavy (non-hydrogen) atoms. The summed E-state index contributed by atoms with van der Waals surface area (Å²) in [6, 6.07) is 8.62. The van der Waals surface area contributed by atoms with Crippen LogP contribution in [0.4, 0.5) is 0 Å². The van der Waals surface area contributed by atoms with Crippen molar-refractivity contribution in [2.75, 3.05) is 6.61 Å². The minimum atomic E-state index is 0.850. The largest absolute Gasteiger partial charge is 0.494 e. The Hall–Kier alpha value is -0.980. The molecule has 1 nitrogen and oxygen atoms in total. The Morgan fingerprint density at radius 1 is 0.895 bits per heavy atom. The Bertz CT molecular complexity index is 302. The highest BCUT2D eigenvalue weighted by atomic mass is 16.5. The summed E-state index contributed by atoms with van der Waals surface area (Å²) in [7, 11) is 0. The van der Waals surface area contributed by atoms with Gasteiger partial charge in [0, 0.05) is 0 Å².